The number of alkyl halides is 3. The molecule has 8 heteroatoms. The van der Waals surface area contributed by atoms with E-state index < -0.39 is 18.7 Å². The second kappa shape index (κ2) is 5.84. The van der Waals surface area contributed by atoms with Crippen LogP contribution < -0.4 is 10.2 Å². The molecule has 0 fully saturated rings. The molecule has 20 heavy (non-hydrogen) atoms. The summed E-state index contributed by atoms with van der Waals surface area (Å²) in [6.07, 6.45) is -2.96. The molecule has 1 N–H and O–H groups in total. The van der Waals surface area contributed by atoms with Gasteiger partial charge in [0.25, 0.3) is 5.91 Å². The fraction of sp³-hybridized carbons (Fsp3) is 0.250. The van der Waals surface area contributed by atoms with Crippen molar-refractivity contribution in [3.63, 3.8) is 0 Å². The van der Waals surface area contributed by atoms with Crippen molar-refractivity contribution in [2.24, 2.45) is 0 Å². The van der Waals surface area contributed by atoms with Gasteiger partial charge in [-0.1, -0.05) is 15.9 Å². The fourth-order valence-corrected chi connectivity index (χ4v) is 1.91. The molecule has 0 saturated carbocycles. The molecular formula is C12H9BrF3NO3. The molecule has 1 heterocycles. The third-order valence-corrected chi connectivity index (χ3v) is 2.87. The van der Waals surface area contributed by atoms with Gasteiger partial charge in [0.15, 0.2) is 6.61 Å². The zero-order chi connectivity index (χ0) is 14.8. The van der Waals surface area contributed by atoms with E-state index in [1.54, 1.807) is 23.7 Å². The first-order valence-electron chi connectivity index (χ1n) is 5.47. The van der Waals surface area contributed by atoms with E-state index in [1.807, 2.05) is 0 Å². The molecule has 4 nitrogen and oxygen atoms in total. The molecule has 0 saturated heterocycles. The average Bonchev–Trinajstić information content (AvgIpc) is 2.36. The number of hydroxylamine groups is 1. The molecule has 0 bridgehead atoms. The lowest BCUT2D eigenvalue weighted by Gasteiger charge is -2.17. The zero-order valence-electron chi connectivity index (χ0n) is 9.96. The molecule has 108 valence electrons. The zero-order valence-corrected chi connectivity index (χ0v) is 11.5. The number of carbonyl (C=O) groups is 1. The normalized spacial score (nSPS) is 14.1. The van der Waals surface area contributed by atoms with Crippen LogP contribution in [-0.4, -0.2) is 25.3 Å². The van der Waals surface area contributed by atoms with Gasteiger partial charge < -0.3 is 4.74 Å². The molecule has 1 aromatic carbocycles. The summed E-state index contributed by atoms with van der Waals surface area (Å²) in [5.74, 6) is -0.166. The van der Waals surface area contributed by atoms with Crippen molar-refractivity contribution in [2.45, 2.75) is 6.18 Å². The number of halogens is 4. The Bertz CT molecular complexity index is 557. The third-order valence-electron chi connectivity index (χ3n) is 2.38. The van der Waals surface area contributed by atoms with Crippen molar-refractivity contribution >= 4 is 27.9 Å². The number of hydrogen-bond donors (Lipinski definition) is 1. The Balaban J connectivity index is 2.01. The Morgan fingerprint density at radius 2 is 2.20 bits per heavy atom. The van der Waals surface area contributed by atoms with Gasteiger partial charge in [0, 0.05) is 10.0 Å². The third kappa shape index (κ3) is 3.97. The van der Waals surface area contributed by atoms with E-state index in [2.05, 4.69) is 20.8 Å². The number of ether oxygens (including phenoxy) is 1. The lowest BCUT2D eigenvalue weighted by Crippen LogP contribution is -2.32. The van der Waals surface area contributed by atoms with Crippen molar-refractivity contribution < 1.29 is 27.5 Å². The highest BCUT2D eigenvalue weighted by Crippen LogP contribution is 2.29. The van der Waals surface area contributed by atoms with E-state index >= 15 is 0 Å². The van der Waals surface area contributed by atoms with Crippen LogP contribution in [0.1, 0.15) is 5.56 Å². The minimum absolute atomic E-state index is 0.0319. The molecule has 0 atom stereocenters. The van der Waals surface area contributed by atoms with Gasteiger partial charge in [0.2, 0.25) is 0 Å². The van der Waals surface area contributed by atoms with Gasteiger partial charge in [0.05, 0.1) is 5.57 Å². The molecule has 0 radical (unpaired) electrons. The number of benzene rings is 1. The Hall–Kier alpha value is -1.54. The van der Waals surface area contributed by atoms with Gasteiger partial charge in [-0.3, -0.25) is 9.63 Å². The van der Waals surface area contributed by atoms with Crippen LogP contribution in [0.5, 0.6) is 5.75 Å². The molecule has 1 aliphatic rings. The van der Waals surface area contributed by atoms with Gasteiger partial charge >= 0.3 is 6.18 Å². The summed E-state index contributed by atoms with van der Waals surface area (Å²) in [7, 11) is 0. The monoisotopic (exact) mass is 351 g/mol. The Kier molecular flexibility index (Phi) is 4.34. The van der Waals surface area contributed by atoms with Crippen LogP contribution in [0, 0.1) is 0 Å². The molecule has 1 aromatic rings. The van der Waals surface area contributed by atoms with Crippen molar-refractivity contribution in [2.75, 3.05) is 13.2 Å². The van der Waals surface area contributed by atoms with Gasteiger partial charge in [0.1, 0.15) is 12.4 Å². The molecule has 1 amide bonds. The van der Waals surface area contributed by atoms with Crippen LogP contribution in [0.3, 0.4) is 0 Å². The minimum atomic E-state index is -4.50. The summed E-state index contributed by atoms with van der Waals surface area (Å²) >= 11 is 3.28. The van der Waals surface area contributed by atoms with E-state index in [0.717, 1.165) is 4.47 Å². The van der Waals surface area contributed by atoms with Crippen LogP contribution in [0.25, 0.3) is 6.08 Å². The van der Waals surface area contributed by atoms with E-state index in [9.17, 15) is 18.0 Å². The first-order valence-corrected chi connectivity index (χ1v) is 6.26. The number of fused-ring (bicyclic) bond motifs is 1. The lowest BCUT2D eigenvalue weighted by atomic mass is 10.1. The summed E-state index contributed by atoms with van der Waals surface area (Å²) < 4.78 is 41.7. The fourth-order valence-electron chi connectivity index (χ4n) is 1.53. The molecule has 0 spiro atoms. The quantitative estimate of drug-likeness (QED) is 0.852. The standard InChI is InChI=1S/C12H9BrF3NO3/c13-9-1-2-10-7(4-9)3-8(5-19-10)11(18)17-20-6-12(14,15)16/h1-4H,5-6H2,(H,17,18). The molecule has 1 aliphatic heterocycles. The van der Waals surface area contributed by atoms with Crippen LogP contribution in [-0.2, 0) is 9.63 Å². The van der Waals surface area contributed by atoms with Crippen LogP contribution in [0.15, 0.2) is 28.2 Å². The topological polar surface area (TPSA) is 47.6 Å². The molecule has 2 rings (SSSR count). The predicted molar refractivity (Wildman–Crippen MR) is 67.8 cm³/mol. The number of rotatable bonds is 3. The van der Waals surface area contributed by atoms with Gasteiger partial charge in [-0.25, -0.2) is 5.48 Å². The molecule has 0 aliphatic carbocycles. The SMILES string of the molecule is O=C(NOCC(F)(F)F)C1=Cc2cc(Br)ccc2OC1. The Morgan fingerprint density at radius 1 is 1.45 bits per heavy atom. The Morgan fingerprint density at radius 3 is 2.90 bits per heavy atom. The van der Waals surface area contributed by atoms with E-state index in [0.29, 0.717) is 11.3 Å². The van der Waals surface area contributed by atoms with Crippen molar-refractivity contribution in [3.8, 4) is 5.75 Å². The smallest absolute Gasteiger partial charge is 0.414 e. The second-order valence-electron chi connectivity index (χ2n) is 3.98. The first-order chi connectivity index (χ1) is 9.35. The van der Waals surface area contributed by atoms with Crippen LogP contribution >= 0.6 is 15.9 Å². The number of nitrogens with one attached hydrogen (secondary N) is 1. The summed E-state index contributed by atoms with van der Waals surface area (Å²) in [5.41, 5.74) is 2.57. The maximum atomic E-state index is 11.9. The molecule has 0 unspecified atom stereocenters. The summed E-state index contributed by atoms with van der Waals surface area (Å²) in [5, 5.41) is 0. The van der Waals surface area contributed by atoms with Crippen molar-refractivity contribution in [1.29, 1.82) is 0 Å². The van der Waals surface area contributed by atoms with Crippen molar-refractivity contribution in [3.05, 3.63) is 33.8 Å². The maximum absolute atomic E-state index is 11.9. The summed E-state index contributed by atoms with van der Waals surface area (Å²) in [6.45, 7) is -1.58. The number of hydrogen-bond acceptors (Lipinski definition) is 3. The van der Waals surface area contributed by atoms with Crippen molar-refractivity contribution in [1.82, 2.24) is 5.48 Å². The number of amides is 1. The highest BCUT2D eigenvalue weighted by molar-refractivity contribution is 9.10. The summed E-state index contributed by atoms with van der Waals surface area (Å²) in [6, 6.07) is 5.24. The second-order valence-corrected chi connectivity index (χ2v) is 4.89. The van der Waals surface area contributed by atoms with Gasteiger partial charge in [-0.15, -0.1) is 0 Å². The molecular weight excluding hydrogens is 343 g/mol. The van der Waals surface area contributed by atoms with Gasteiger partial charge in [-0.2, -0.15) is 13.2 Å². The maximum Gasteiger partial charge on any atom is 0.414 e. The average molecular weight is 352 g/mol. The first kappa shape index (κ1) is 14.9. The lowest BCUT2D eigenvalue weighted by molar-refractivity contribution is -0.190. The minimum Gasteiger partial charge on any atom is -0.488 e. The van der Waals surface area contributed by atoms with E-state index in [-0.39, 0.29) is 12.2 Å². The van der Waals surface area contributed by atoms with Crippen LogP contribution in [0.2, 0.25) is 0 Å². The summed E-state index contributed by atoms with van der Waals surface area (Å²) in [4.78, 5) is 15.7. The molecule has 0 aromatic heterocycles. The highest BCUT2D eigenvalue weighted by Gasteiger charge is 2.28. The van der Waals surface area contributed by atoms with Crippen LogP contribution in [0.4, 0.5) is 13.2 Å². The van der Waals surface area contributed by atoms with Gasteiger partial charge in [-0.05, 0) is 24.3 Å². The largest absolute Gasteiger partial charge is 0.488 e. The van der Waals surface area contributed by atoms with E-state index in [1.165, 1.54) is 6.08 Å². The predicted octanol–water partition coefficient (Wildman–Crippen LogP) is 2.84. The Labute approximate surface area is 120 Å². The number of carbonyl (C=O) groups excluding carboxylic acids is 1. The highest BCUT2D eigenvalue weighted by atomic mass is 79.9. The van der Waals surface area contributed by atoms with E-state index in [4.69, 9.17) is 4.74 Å².